The van der Waals surface area contributed by atoms with Crippen LogP contribution in [0.4, 0.5) is 31.0 Å². The summed E-state index contributed by atoms with van der Waals surface area (Å²) in [5, 5.41) is 3.11. The minimum Gasteiger partial charge on any atom is -0.444 e. The first-order valence-corrected chi connectivity index (χ1v) is 16.1. The first kappa shape index (κ1) is 29.9. The molecule has 4 heterocycles. The second-order valence-corrected chi connectivity index (χ2v) is 14.7. The van der Waals surface area contributed by atoms with E-state index < -0.39 is 11.5 Å². The number of carbonyl (C=O) groups excluding carboxylic acids is 2. The summed E-state index contributed by atoms with van der Waals surface area (Å²) in [5.41, 5.74) is 1.41. The lowest BCUT2D eigenvalue weighted by molar-refractivity contribution is -0.0221. The van der Waals surface area contributed by atoms with Gasteiger partial charge in [-0.2, -0.15) is 4.98 Å². The molecule has 2 aromatic rings. The molecule has 1 N–H and O–H groups in total. The molecule has 6 rings (SSSR count). The number of benzene rings is 1. The number of ether oxygens (including phenoxy) is 1. The van der Waals surface area contributed by atoms with E-state index in [-0.39, 0.29) is 49.1 Å². The molecular formula is C31H40F2N6O3S. The minimum atomic E-state index is -2.65. The standard InChI is InChI=1S/C31H40F2N6O3S/c1-29(2,3)42-28(41)39-19-22(20-39)43-21-4-5-23(24(18-21)37-14-9-30(7-8-30)10-15-37)26(40)36-27-34-13-6-25(35-27)38-16-11-31(32,33)12-17-38/h4-6,13,18,22H,7-12,14-17,19-20H2,1-3H3,(H,34,35,36,40). The van der Waals surface area contributed by atoms with Gasteiger partial charge in [0, 0.05) is 68.5 Å². The van der Waals surface area contributed by atoms with E-state index in [9.17, 15) is 18.4 Å². The Morgan fingerprint density at radius 1 is 0.977 bits per heavy atom. The molecule has 0 unspecified atom stereocenters. The van der Waals surface area contributed by atoms with Crippen LogP contribution in [-0.4, -0.2) is 82.9 Å². The zero-order valence-corrected chi connectivity index (χ0v) is 25.9. The second-order valence-electron chi connectivity index (χ2n) is 13.3. The van der Waals surface area contributed by atoms with Crippen LogP contribution in [0.3, 0.4) is 0 Å². The van der Waals surface area contributed by atoms with Crippen LogP contribution in [0.5, 0.6) is 0 Å². The highest BCUT2D eigenvalue weighted by Crippen LogP contribution is 2.54. The summed E-state index contributed by atoms with van der Waals surface area (Å²) in [6, 6.07) is 7.58. The van der Waals surface area contributed by atoms with E-state index in [4.69, 9.17) is 4.74 Å². The Labute approximate surface area is 255 Å². The van der Waals surface area contributed by atoms with Crippen molar-refractivity contribution in [2.75, 3.05) is 54.4 Å². The van der Waals surface area contributed by atoms with Gasteiger partial charge >= 0.3 is 6.09 Å². The van der Waals surface area contributed by atoms with Crippen molar-refractivity contribution in [3.8, 4) is 0 Å². The molecule has 43 heavy (non-hydrogen) atoms. The molecule has 4 aliphatic rings. The largest absolute Gasteiger partial charge is 0.444 e. The van der Waals surface area contributed by atoms with Crippen molar-refractivity contribution in [2.45, 2.75) is 81.0 Å². The Morgan fingerprint density at radius 2 is 1.65 bits per heavy atom. The molecule has 9 nitrogen and oxygen atoms in total. The van der Waals surface area contributed by atoms with E-state index in [1.54, 1.807) is 33.8 Å². The smallest absolute Gasteiger partial charge is 0.410 e. The Morgan fingerprint density at radius 3 is 2.30 bits per heavy atom. The van der Waals surface area contributed by atoms with Gasteiger partial charge in [0.05, 0.1) is 11.3 Å². The van der Waals surface area contributed by atoms with Gasteiger partial charge in [-0.25, -0.2) is 18.6 Å². The van der Waals surface area contributed by atoms with E-state index in [1.165, 1.54) is 12.8 Å². The fourth-order valence-corrected chi connectivity index (χ4v) is 7.16. The maximum absolute atomic E-state index is 13.7. The van der Waals surface area contributed by atoms with E-state index in [2.05, 4.69) is 26.3 Å². The molecule has 0 bridgehead atoms. The minimum absolute atomic E-state index is 0.150. The number of rotatable bonds is 6. The first-order valence-electron chi connectivity index (χ1n) is 15.2. The first-order chi connectivity index (χ1) is 20.4. The van der Waals surface area contributed by atoms with Crippen LogP contribution >= 0.6 is 11.8 Å². The van der Waals surface area contributed by atoms with Gasteiger partial charge in [0.2, 0.25) is 5.95 Å². The van der Waals surface area contributed by atoms with Crippen LogP contribution in [0, 0.1) is 5.41 Å². The van der Waals surface area contributed by atoms with Gasteiger partial charge in [-0.05, 0) is 76.1 Å². The molecular weight excluding hydrogens is 574 g/mol. The molecule has 12 heteroatoms. The van der Waals surface area contributed by atoms with E-state index in [1.807, 2.05) is 32.9 Å². The number of aromatic nitrogens is 2. The van der Waals surface area contributed by atoms with E-state index in [0.29, 0.717) is 29.9 Å². The van der Waals surface area contributed by atoms with Crippen LogP contribution in [0.2, 0.25) is 0 Å². The van der Waals surface area contributed by atoms with Gasteiger partial charge in [-0.3, -0.25) is 10.1 Å². The Kier molecular flexibility index (Phi) is 7.93. The number of piperidine rings is 2. The van der Waals surface area contributed by atoms with Crippen LogP contribution in [0.25, 0.3) is 0 Å². The molecule has 1 saturated carbocycles. The topological polar surface area (TPSA) is 90.9 Å². The third-order valence-electron chi connectivity index (χ3n) is 8.82. The quantitative estimate of drug-likeness (QED) is 0.420. The van der Waals surface area contributed by atoms with Crippen molar-refractivity contribution >= 4 is 41.2 Å². The van der Waals surface area contributed by atoms with Crippen molar-refractivity contribution < 1.29 is 23.1 Å². The summed E-state index contributed by atoms with van der Waals surface area (Å²) in [7, 11) is 0. The maximum Gasteiger partial charge on any atom is 0.410 e. The van der Waals surface area contributed by atoms with Gasteiger partial charge in [-0.15, -0.1) is 11.8 Å². The molecule has 1 aromatic heterocycles. The average molecular weight is 615 g/mol. The molecule has 232 valence electrons. The lowest BCUT2D eigenvalue weighted by atomic mass is 9.93. The normalized spacial score (nSPS) is 21.4. The molecule has 0 radical (unpaired) electrons. The van der Waals surface area contributed by atoms with E-state index in [0.717, 1.165) is 36.5 Å². The second kappa shape index (κ2) is 11.4. The maximum atomic E-state index is 13.7. The van der Waals surface area contributed by atoms with Gasteiger partial charge < -0.3 is 19.4 Å². The summed E-state index contributed by atoms with van der Waals surface area (Å²) < 4.78 is 32.8. The van der Waals surface area contributed by atoms with Crippen molar-refractivity contribution in [1.82, 2.24) is 14.9 Å². The van der Waals surface area contributed by atoms with Gasteiger partial charge in [-0.1, -0.05) is 0 Å². The number of likely N-dealkylation sites (tertiary alicyclic amines) is 1. The van der Waals surface area contributed by atoms with Crippen molar-refractivity contribution in [2.24, 2.45) is 5.41 Å². The summed E-state index contributed by atoms with van der Waals surface area (Å²) in [6.07, 6.45) is 5.66. The van der Waals surface area contributed by atoms with E-state index >= 15 is 0 Å². The van der Waals surface area contributed by atoms with Crippen LogP contribution in [0.1, 0.15) is 69.7 Å². The molecule has 0 atom stereocenters. The number of carbonyl (C=O) groups is 2. The predicted molar refractivity (Wildman–Crippen MR) is 163 cm³/mol. The number of thioether (sulfide) groups is 1. The summed E-state index contributed by atoms with van der Waals surface area (Å²) in [5.74, 6) is -2.28. The molecule has 3 saturated heterocycles. The Hall–Kier alpha value is -3.15. The summed E-state index contributed by atoms with van der Waals surface area (Å²) >= 11 is 1.71. The zero-order chi connectivity index (χ0) is 30.4. The fourth-order valence-electron chi connectivity index (χ4n) is 5.94. The number of nitrogens with one attached hydrogen (secondary N) is 1. The summed E-state index contributed by atoms with van der Waals surface area (Å²) in [6.45, 7) is 9.03. The SMILES string of the molecule is CC(C)(C)OC(=O)N1CC(Sc2ccc(C(=O)Nc3nccc(N4CCC(F)(F)CC4)n3)c(N3CCC4(CC3)CC4)c2)C1. The number of hydrogen-bond acceptors (Lipinski definition) is 8. The average Bonchev–Trinajstić information content (AvgIpc) is 3.68. The fraction of sp³-hybridized carbons (Fsp3) is 0.613. The van der Waals surface area contributed by atoms with Crippen molar-refractivity contribution in [3.63, 3.8) is 0 Å². The highest BCUT2D eigenvalue weighted by atomic mass is 32.2. The molecule has 1 spiro atoms. The zero-order valence-electron chi connectivity index (χ0n) is 25.1. The molecule has 1 aromatic carbocycles. The highest BCUT2D eigenvalue weighted by Gasteiger charge is 2.45. The third-order valence-corrected chi connectivity index (χ3v) is 9.98. The number of halogens is 2. The molecule has 1 aliphatic carbocycles. The van der Waals surface area contributed by atoms with Crippen molar-refractivity contribution in [3.05, 3.63) is 36.0 Å². The van der Waals surface area contributed by atoms with Crippen LogP contribution in [-0.2, 0) is 4.74 Å². The van der Waals surface area contributed by atoms with Crippen LogP contribution in [0.15, 0.2) is 35.4 Å². The highest BCUT2D eigenvalue weighted by molar-refractivity contribution is 8.00. The van der Waals surface area contributed by atoms with Gasteiger partial charge in [0.1, 0.15) is 11.4 Å². The Bertz CT molecular complexity index is 1360. The summed E-state index contributed by atoms with van der Waals surface area (Å²) in [4.78, 5) is 41.6. The molecule has 2 amide bonds. The Balaban J connectivity index is 1.15. The predicted octanol–water partition coefficient (Wildman–Crippen LogP) is 6.06. The lowest BCUT2D eigenvalue weighted by Gasteiger charge is -2.39. The van der Waals surface area contributed by atoms with Crippen molar-refractivity contribution in [1.29, 1.82) is 0 Å². The number of nitrogens with zero attached hydrogens (tertiary/aromatic N) is 5. The third kappa shape index (κ3) is 7.16. The van der Waals surface area contributed by atoms with Crippen LogP contribution < -0.4 is 15.1 Å². The number of amides is 2. The molecule has 4 fully saturated rings. The number of hydrogen-bond donors (Lipinski definition) is 1. The van der Waals surface area contributed by atoms with Gasteiger partial charge in [0.15, 0.2) is 0 Å². The number of alkyl halides is 2. The van der Waals surface area contributed by atoms with Gasteiger partial charge in [0.25, 0.3) is 11.8 Å². The number of anilines is 3. The monoisotopic (exact) mass is 614 g/mol. The lowest BCUT2D eigenvalue weighted by Crippen LogP contribution is -2.53. The molecule has 3 aliphatic heterocycles.